The summed E-state index contributed by atoms with van der Waals surface area (Å²) < 4.78 is 10.9. The van der Waals surface area contributed by atoms with Gasteiger partial charge in [-0.3, -0.25) is 4.79 Å². The van der Waals surface area contributed by atoms with Crippen molar-refractivity contribution in [1.29, 1.82) is 0 Å². The monoisotopic (exact) mass is 302 g/mol. The number of benzene rings is 1. The van der Waals surface area contributed by atoms with Crippen LogP contribution in [-0.4, -0.2) is 39.3 Å². The second-order valence-corrected chi connectivity index (χ2v) is 3.89. The third kappa shape index (κ3) is 5.67. The van der Waals surface area contributed by atoms with Crippen LogP contribution in [0.5, 0.6) is 11.5 Å². The molecule has 6 heteroatoms. The van der Waals surface area contributed by atoms with Gasteiger partial charge >= 0.3 is 0 Å². The molecule has 1 rings (SSSR count). The van der Waals surface area contributed by atoms with Gasteiger partial charge in [-0.1, -0.05) is 0 Å². The van der Waals surface area contributed by atoms with E-state index in [-0.39, 0.29) is 18.3 Å². The van der Waals surface area contributed by atoms with Gasteiger partial charge in [-0.05, 0) is 39.1 Å². The second kappa shape index (κ2) is 10.3. The Kier molecular flexibility index (Phi) is 9.59. The van der Waals surface area contributed by atoms with Crippen LogP contribution in [0, 0.1) is 0 Å². The molecule has 1 aromatic rings. The van der Waals surface area contributed by atoms with Crippen molar-refractivity contribution in [2.75, 3.05) is 33.4 Å². The second-order valence-electron chi connectivity index (χ2n) is 3.89. The number of rotatable bonds is 8. The van der Waals surface area contributed by atoms with E-state index in [2.05, 4.69) is 10.6 Å². The lowest BCUT2D eigenvalue weighted by molar-refractivity contribution is 0.0953. The summed E-state index contributed by atoms with van der Waals surface area (Å²) in [6.07, 6.45) is 0. The van der Waals surface area contributed by atoms with E-state index in [0.29, 0.717) is 36.8 Å². The highest BCUT2D eigenvalue weighted by molar-refractivity contribution is 5.94. The highest BCUT2D eigenvalue weighted by Gasteiger charge is 2.10. The number of hydrogen-bond donors (Lipinski definition) is 2. The lowest BCUT2D eigenvalue weighted by Gasteiger charge is -2.12. The minimum Gasteiger partial charge on any atom is -0.490 e. The Morgan fingerprint density at radius 1 is 1.10 bits per heavy atom. The molecule has 0 bridgehead atoms. The number of carbonyl (C=O) groups excluding carboxylic acids is 1. The minimum absolute atomic E-state index is 0. The van der Waals surface area contributed by atoms with Crippen LogP contribution in [0.4, 0.5) is 0 Å². The molecule has 1 amide bonds. The van der Waals surface area contributed by atoms with Gasteiger partial charge in [0.1, 0.15) is 0 Å². The maximum Gasteiger partial charge on any atom is 0.251 e. The molecule has 0 aliphatic rings. The molecule has 0 aromatic heterocycles. The minimum atomic E-state index is -0.112. The zero-order chi connectivity index (χ0) is 14.1. The molecule has 0 saturated heterocycles. The Hall–Kier alpha value is -1.46. The molecule has 1 aromatic carbocycles. The van der Waals surface area contributed by atoms with Crippen molar-refractivity contribution in [2.24, 2.45) is 0 Å². The van der Waals surface area contributed by atoms with Gasteiger partial charge in [0.15, 0.2) is 11.5 Å². The maximum atomic E-state index is 11.9. The van der Waals surface area contributed by atoms with E-state index in [0.717, 1.165) is 6.54 Å². The fraction of sp³-hybridized carbons (Fsp3) is 0.500. The third-order valence-electron chi connectivity index (χ3n) is 2.47. The lowest BCUT2D eigenvalue weighted by atomic mass is 10.2. The highest BCUT2D eigenvalue weighted by atomic mass is 35.5. The summed E-state index contributed by atoms with van der Waals surface area (Å²) in [5, 5.41) is 5.80. The van der Waals surface area contributed by atoms with Crippen molar-refractivity contribution in [3.05, 3.63) is 23.8 Å². The first kappa shape index (κ1) is 18.5. The molecule has 0 spiro atoms. The molecule has 114 valence electrons. The number of carbonyl (C=O) groups is 1. The first-order valence-electron chi connectivity index (χ1n) is 6.55. The van der Waals surface area contributed by atoms with Crippen LogP contribution in [0.2, 0.25) is 0 Å². The van der Waals surface area contributed by atoms with Crippen molar-refractivity contribution in [1.82, 2.24) is 10.6 Å². The van der Waals surface area contributed by atoms with Gasteiger partial charge in [0, 0.05) is 18.7 Å². The van der Waals surface area contributed by atoms with Crippen LogP contribution in [0.25, 0.3) is 0 Å². The van der Waals surface area contributed by atoms with Gasteiger partial charge in [0.25, 0.3) is 5.91 Å². The first-order chi connectivity index (χ1) is 9.22. The molecule has 0 atom stereocenters. The third-order valence-corrected chi connectivity index (χ3v) is 2.47. The standard InChI is InChI=1S/C14H22N2O3.ClH/c1-4-18-12-7-6-11(10-13(12)19-5-2)14(17)16-9-8-15-3;/h6-7,10,15H,4-5,8-9H2,1-3H3,(H,16,17);1H. The van der Waals surface area contributed by atoms with E-state index < -0.39 is 0 Å². The summed E-state index contributed by atoms with van der Waals surface area (Å²) in [4.78, 5) is 11.9. The number of hydrogen-bond acceptors (Lipinski definition) is 4. The molecular weight excluding hydrogens is 280 g/mol. The summed E-state index contributed by atoms with van der Waals surface area (Å²) >= 11 is 0. The van der Waals surface area contributed by atoms with Crippen molar-refractivity contribution >= 4 is 18.3 Å². The van der Waals surface area contributed by atoms with Crippen LogP contribution in [-0.2, 0) is 0 Å². The van der Waals surface area contributed by atoms with Gasteiger partial charge in [0.2, 0.25) is 0 Å². The Balaban J connectivity index is 0.00000361. The molecule has 0 aliphatic heterocycles. The Morgan fingerprint density at radius 2 is 1.75 bits per heavy atom. The van der Waals surface area contributed by atoms with Gasteiger partial charge in [-0.25, -0.2) is 0 Å². The zero-order valence-corrected chi connectivity index (χ0v) is 13.0. The SMILES string of the molecule is CCOc1ccc(C(=O)NCCNC)cc1OCC.Cl. The molecule has 5 nitrogen and oxygen atoms in total. The molecule has 2 N–H and O–H groups in total. The summed E-state index contributed by atoms with van der Waals surface area (Å²) in [5.74, 6) is 1.15. The molecule has 0 saturated carbocycles. The van der Waals surface area contributed by atoms with Crippen LogP contribution >= 0.6 is 12.4 Å². The van der Waals surface area contributed by atoms with E-state index in [1.54, 1.807) is 18.2 Å². The summed E-state index contributed by atoms with van der Waals surface area (Å²) in [6, 6.07) is 5.22. The van der Waals surface area contributed by atoms with Crippen LogP contribution < -0.4 is 20.1 Å². The normalized spacial score (nSPS) is 9.55. The molecule has 0 aliphatic carbocycles. The van der Waals surface area contributed by atoms with Crippen LogP contribution in [0.1, 0.15) is 24.2 Å². The van der Waals surface area contributed by atoms with E-state index >= 15 is 0 Å². The van der Waals surface area contributed by atoms with Crippen molar-refractivity contribution in [3.63, 3.8) is 0 Å². The van der Waals surface area contributed by atoms with E-state index in [1.165, 1.54) is 0 Å². The van der Waals surface area contributed by atoms with Gasteiger partial charge in [0.05, 0.1) is 13.2 Å². The van der Waals surface area contributed by atoms with Crippen molar-refractivity contribution in [3.8, 4) is 11.5 Å². The van der Waals surface area contributed by atoms with Gasteiger partial charge in [-0.2, -0.15) is 0 Å². The molecule has 0 heterocycles. The van der Waals surface area contributed by atoms with Crippen LogP contribution in [0.15, 0.2) is 18.2 Å². The molecule has 20 heavy (non-hydrogen) atoms. The predicted octanol–water partition coefficient (Wildman–Crippen LogP) is 1.85. The average molecular weight is 303 g/mol. The van der Waals surface area contributed by atoms with Gasteiger partial charge in [-0.15, -0.1) is 12.4 Å². The fourth-order valence-electron chi connectivity index (χ4n) is 1.60. The number of likely N-dealkylation sites (N-methyl/N-ethyl adjacent to an activating group) is 1. The number of ether oxygens (including phenoxy) is 2. The van der Waals surface area contributed by atoms with Gasteiger partial charge < -0.3 is 20.1 Å². The molecule has 0 fully saturated rings. The van der Waals surface area contributed by atoms with E-state index in [1.807, 2.05) is 20.9 Å². The topological polar surface area (TPSA) is 59.6 Å². The Bertz CT molecular complexity index is 413. The summed E-state index contributed by atoms with van der Waals surface area (Å²) in [5.41, 5.74) is 0.572. The lowest BCUT2D eigenvalue weighted by Crippen LogP contribution is -2.30. The molecule has 0 radical (unpaired) electrons. The average Bonchev–Trinajstić information content (AvgIpc) is 2.41. The van der Waals surface area contributed by atoms with E-state index in [4.69, 9.17) is 9.47 Å². The largest absolute Gasteiger partial charge is 0.490 e. The zero-order valence-electron chi connectivity index (χ0n) is 12.2. The maximum absolute atomic E-state index is 11.9. The molecular formula is C14H23ClN2O3. The smallest absolute Gasteiger partial charge is 0.251 e. The fourth-order valence-corrected chi connectivity index (χ4v) is 1.60. The number of amides is 1. The number of nitrogens with one attached hydrogen (secondary N) is 2. The van der Waals surface area contributed by atoms with Crippen molar-refractivity contribution < 1.29 is 14.3 Å². The van der Waals surface area contributed by atoms with Crippen molar-refractivity contribution in [2.45, 2.75) is 13.8 Å². The predicted molar refractivity (Wildman–Crippen MR) is 82.3 cm³/mol. The summed E-state index contributed by atoms with van der Waals surface area (Å²) in [6.45, 7) is 6.23. The molecule has 0 unspecified atom stereocenters. The van der Waals surface area contributed by atoms with E-state index in [9.17, 15) is 4.79 Å². The highest BCUT2D eigenvalue weighted by Crippen LogP contribution is 2.28. The van der Waals surface area contributed by atoms with Crippen LogP contribution in [0.3, 0.4) is 0 Å². The first-order valence-corrected chi connectivity index (χ1v) is 6.55. The summed E-state index contributed by atoms with van der Waals surface area (Å²) in [7, 11) is 1.84. The quantitative estimate of drug-likeness (QED) is 0.720. The Morgan fingerprint density at radius 3 is 2.35 bits per heavy atom. The number of halogens is 1. The Labute approximate surface area is 126 Å².